The van der Waals surface area contributed by atoms with Crippen LogP contribution < -0.4 is 26.7 Å². The lowest BCUT2D eigenvalue weighted by Crippen LogP contribution is -2.66. The number of aliphatic hydroxyl groups excluding tert-OH is 2. The van der Waals surface area contributed by atoms with Gasteiger partial charge in [0.25, 0.3) is 5.91 Å². The molecule has 9 amide bonds. The Labute approximate surface area is 466 Å². The summed E-state index contributed by atoms with van der Waals surface area (Å²) in [7, 11) is 7.15. The van der Waals surface area contributed by atoms with Crippen molar-refractivity contribution in [3.8, 4) is 0 Å². The van der Waals surface area contributed by atoms with Crippen molar-refractivity contribution in [3.05, 3.63) is 71.8 Å². The van der Waals surface area contributed by atoms with Crippen LogP contribution in [0.4, 0.5) is 0 Å². The fourth-order valence-corrected chi connectivity index (χ4v) is 10.2. The van der Waals surface area contributed by atoms with Crippen LogP contribution in [0.25, 0.3) is 0 Å². The van der Waals surface area contributed by atoms with Gasteiger partial charge < -0.3 is 50.7 Å². The molecule has 2 fully saturated rings. The van der Waals surface area contributed by atoms with Crippen molar-refractivity contribution in [2.45, 2.75) is 161 Å². The fraction of sp³-hybridized carbons (Fsp3) is 0.632. The summed E-state index contributed by atoms with van der Waals surface area (Å²) in [5.41, 5.74) is 4.39. The zero-order valence-corrected chi connectivity index (χ0v) is 48.6. The Bertz CT molecular complexity index is 2400. The van der Waals surface area contributed by atoms with E-state index in [1.54, 1.807) is 81.4 Å². The smallest absolute Gasteiger partial charge is 0.262 e. The third-order valence-corrected chi connectivity index (χ3v) is 15.5. The van der Waals surface area contributed by atoms with Crippen LogP contribution in [0.5, 0.6) is 0 Å². The highest BCUT2D eigenvalue weighted by molar-refractivity contribution is 5.98. The first-order valence-electron chi connectivity index (χ1n) is 27.7. The van der Waals surface area contributed by atoms with Crippen LogP contribution in [0.3, 0.4) is 0 Å². The molecule has 79 heavy (non-hydrogen) atoms. The minimum atomic E-state index is -1.56. The number of carbonyl (C=O) groups is 9. The molecular weight excluding hydrogens is 1010 g/mol. The standard InChI is InChI=1S/C57H89N11O11/c1-14-36(6)47-57(79)63(9)38(8)49(71)58-29-27-46(70)67(13)48(35(4)5)52(74)60-37(7)53(75)64(10)43(31-39-22-17-15-18-23-39)50(72)61-41(30-34(2)3)54(76)66(12)45(33-69)56(78)68-42(26-21-28-59-68)55(77)65(11)44(51(73)62-47)32-40-24-19-16-20-25-40/h15-20,22-25,34-38,41-45,47-48,52,59-60,69,74H,14,21,26-33H2,1-13H3,(H,58,71)(H,61,72)(H,62,73). The van der Waals surface area contributed by atoms with Gasteiger partial charge in [0.1, 0.15) is 48.5 Å². The zero-order valence-electron chi connectivity index (χ0n) is 48.6. The van der Waals surface area contributed by atoms with Crippen molar-refractivity contribution in [3.63, 3.8) is 0 Å². The second kappa shape index (κ2) is 30.2. The molecule has 0 aromatic heterocycles. The van der Waals surface area contributed by atoms with Crippen molar-refractivity contribution in [2.75, 3.05) is 54.9 Å². The number of nitrogens with zero attached hydrogens (tertiary/aromatic N) is 6. The van der Waals surface area contributed by atoms with Gasteiger partial charge in [-0.15, -0.1) is 0 Å². The summed E-state index contributed by atoms with van der Waals surface area (Å²) >= 11 is 0. The first-order valence-corrected chi connectivity index (χ1v) is 27.7. The van der Waals surface area contributed by atoms with Gasteiger partial charge in [0.15, 0.2) is 0 Å². The summed E-state index contributed by atoms with van der Waals surface area (Å²) in [5.74, 6) is -6.71. The number of benzene rings is 2. The van der Waals surface area contributed by atoms with Crippen LogP contribution in [-0.4, -0.2) is 208 Å². The number of hydrazine groups is 1. The molecule has 0 saturated carbocycles. The number of fused-ring (bicyclic) bond motifs is 1. The Hall–Kier alpha value is -6.49. The molecule has 7 N–H and O–H groups in total. The monoisotopic (exact) mass is 1100 g/mol. The molecule has 2 aliphatic rings. The van der Waals surface area contributed by atoms with Crippen LogP contribution in [0.1, 0.15) is 98.6 Å². The maximum atomic E-state index is 14.9. The van der Waals surface area contributed by atoms with Crippen molar-refractivity contribution < 1.29 is 53.4 Å². The van der Waals surface area contributed by atoms with E-state index in [2.05, 4.69) is 26.7 Å². The van der Waals surface area contributed by atoms with E-state index in [9.17, 15) is 53.4 Å². The minimum Gasteiger partial charge on any atom is -0.394 e. The molecule has 0 spiro atoms. The average Bonchev–Trinajstić information content (AvgIpc) is 3.44. The lowest BCUT2D eigenvalue weighted by molar-refractivity contribution is -0.160. The molecule has 0 bridgehead atoms. The van der Waals surface area contributed by atoms with E-state index in [4.69, 9.17) is 0 Å². The van der Waals surface area contributed by atoms with Crippen molar-refractivity contribution in [2.24, 2.45) is 17.8 Å². The predicted molar refractivity (Wildman–Crippen MR) is 298 cm³/mol. The van der Waals surface area contributed by atoms with Crippen LogP contribution in [0, 0.1) is 17.8 Å². The Morgan fingerprint density at radius 3 is 1.67 bits per heavy atom. The van der Waals surface area contributed by atoms with E-state index in [0.29, 0.717) is 24.0 Å². The normalized spacial score (nSPS) is 27.6. The Morgan fingerprint density at radius 1 is 0.620 bits per heavy atom. The fourth-order valence-electron chi connectivity index (χ4n) is 10.2. The van der Waals surface area contributed by atoms with Crippen LogP contribution >= 0.6 is 0 Å². The SMILES string of the molecule is CCC(C)C1NC(=O)C(Cc2ccccc2)N(C)C(=O)C2CCCNN2C(=O)C(CO)N(C)C(=O)C(CC(C)C)NC(=O)C(Cc2ccccc2)N(C)C(=O)C(C)NC(O)C(C(C)C)N(C)C(=O)CCNC(=O)C(C)N(C)C1=O. The number of rotatable bonds is 10. The van der Waals surface area contributed by atoms with Gasteiger partial charge in [-0.05, 0) is 62.0 Å². The molecule has 2 aliphatic heterocycles. The lowest BCUT2D eigenvalue weighted by Gasteiger charge is -2.41. The third-order valence-electron chi connectivity index (χ3n) is 15.5. The number of likely N-dealkylation sites (N-methyl/N-ethyl adjacent to an activating group) is 5. The van der Waals surface area contributed by atoms with E-state index in [-0.39, 0.29) is 57.0 Å². The summed E-state index contributed by atoms with van der Waals surface area (Å²) in [4.78, 5) is 136. The minimum absolute atomic E-state index is 0.00895. The third kappa shape index (κ3) is 17.0. The van der Waals surface area contributed by atoms with Gasteiger partial charge in [0, 0.05) is 67.6 Å². The Balaban J connectivity index is 1.83. The number of carbonyl (C=O) groups excluding carboxylic acids is 9. The first kappa shape index (κ1) is 65.0. The van der Waals surface area contributed by atoms with Crippen LogP contribution in [-0.2, 0) is 56.0 Å². The molecule has 0 radical (unpaired) electrons. The molecule has 2 heterocycles. The number of nitrogens with one attached hydrogen (secondary N) is 5. The lowest BCUT2D eigenvalue weighted by atomic mass is 9.95. The summed E-state index contributed by atoms with van der Waals surface area (Å²) in [6.07, 6.45) is -0.485. The van der Waals surface area contributed by atoms with Gasteiger partial charge in [0.05, 0.1) is 18.7 Å². The largest absolute Gasteiger partial charge is 0.394 e. The van der Waals surface area contributed by atoms with Crippen molar-refractivity contribution in [1.29, 1.82) is 0 Å². The van der Waals surface area contributed by atoms with E-state index < -0.39 is 126 Å². The summed E-state index contributed by atoms with van der Waals surface area (Å²) < 4.78 is 0. The molecule has 22 nitrogen and oxygen atoms in total. The number of amides is 9. The zero-order chi connectivity index (χ0) is 59.0. The van der Waals surface area contributed by atoms with Gasteiger partial charge in [-0.2, -0.15) is 0 Å². The first-order chi connectivity index (χ1) is 37.3. The molecule has 11 unspecified atom stereocenters. The van der Waals surface area contributed by atoms with Gasteiger partial charge in [0.2, 0.25) is 47.3 Å². The maximum Gasteiger partial charge on any atom is 0.262 e. The van der Waals surface area contributed by atoms with Crippen LogP contribution in [0.2, 0.25) is 0 Å². The molecule has 438 valence electrons. The molecule has 4 rings (SSSR count). The second-order valence-corrected chi connectivity index (χ2v) is 22.0. The summed E-state index contributed by atoms with van der Waals surface area (Å²) in [6, 6.07) is 7.23. The summed E-state index contributed by atoms with van der Waals surface area (Å²) in [6.45, 7) is 13.2. The number of hydrogen-bond donors (Lipinski definition) is 7. The van der Waals surface area contributed by atoms with E-state index in [0.717, 1.165) is 9.91 Å². The van der Waals surface area contributed by atoms with E-state index >= 15 is 0 Å². The molecule has 0 aliphatic carbocycles. The van der Waals surface area contributed by atoms with Gasteiger partial charge in [-0.1, -0.05) is 109 Å². The Morgan fingerprint density at radius 2 is 1.15 bits per heavy atom. The van der Waals surface area contributed by atoms with Gasteiger partial charge in [-0.3, -0.25) is 53.5 Å². The molecule has 2 aromatic carbocycles. The Kier molecular flexibility index (Phi) is 24.9. The molecule has 2 aromatic rings. The van der Waals surface area contributed by atoms with E-state index in [1.807, 2.05) is 20.8 Å². The summed E-state index contributed by atoms with van der Waals surface area (Å²) in [5, 5.41) is 35.1. The number of hydrogen-bond acceptors (Lipinski definition) is 13. The topological polar surface area (TPSA) is 274 Å². The molecular formula is C57H89N11O11. The van der Waals surface area contributed by atoms with Crippen molar-refractivity contribution in [1.82, 2.24) is 56.2 Å². The van der Waals surface area contributed by atoms with E-state index in [1.165, 1.54) is 68.7 Å². The molecule has 22 heteroatoms. The van der Waals surface area contributed by atoms with Gasteiger partial charge >= 0.3 is 0 Å². The van der Waals surface area contributed by atoms with Gasteiger partial charge in [-0.25, -0.2) is 5.43 Å². The molecule has 2 saturated heterocycles. The highest BCUT2D eigenvalue weighted by Crippen LogP contribution is 2.22. The molecule has 11 atom stereocenters. The van der Waals surface area contributed by atoms with Crippen LogP contribution in [0.15, 0.2) is 60.7 Å². The average molecular weight is 1100 g/mol. The highest BCUT2D eigenvalue weighted by Gasteiger charge is 2.44. The van der Waals surface area contributed by atoms with Crippen molar-refractivity contribution >= 4 is 53.2 Å². The maximum absolute atomic E-state index is 14.9. The quantitative estimate of drug-likeness (QED) is 0.173. The number of aliphatic hydroxyl groups is 2. The predicted octanol–water partition coefficient (Wildman–Crippen LogP) is 0.649. The second-order valence-electron chi connectivity index (χ2n) is 22.0. The highest BCUT2D eigenvalue weighted by atomic mass is 16.3.